The second kappa shape index (κ2) is 8.15. The molecule has 1 aromatic heterocycles. The number of carbonyl (C=O) groups is 1. The highest BCUT2D eigenvalue weighted by molar-refractivity contribution is 7.88. The van der Waals surface area contributed by atoms with E-state index in [0.717, 1.165) is 11.3 Å². The van der Waals surface area contributed by atoms with Gasteiger partial charge < -0.3 is 9.88 Å². The molecule has 0 saturated carbocycles. The van der Waals surface area contributed by atoms with E-state index in [2.05, 4.69) is 15.0 Å². The Morgan fingerprint density at radius 2 is 1.70 bits per heavy atom. The maximum absolute atomic E-state index is 12.3. The molecule has 0 saturated heterocycles. The third kappa shape index (κ3) is 5.02. The molecule has 27 heavy (non-hydrogen) atoms. The van der Waals surface area contributed by atoms with E-state index in [-0.39, 0.29) is 11.7 Å². The molecular formula is C19H20N4O3S. The van der Waals surface area contributed by atoms with Crippen molar-refractivity contribution >= 4 is 15.9 Å². The predicted octanol–water partition coefficient (Wildman–Crippen LogP) is 1.85. The molecule has 1 amide bonds. The smallest absolute Gasteiger partial charge is 0.251 e. The van der Waals surface area contributed by atoms with Gasteiger partial charge in [0.15, 0.2) is 0 Å². The first-order valence-corrected chi connectivity index (χ1v) is 9.98. The normalized spacial score (nSPS) is 11.3. The van der Waals surface area contributed by atoms with Gasteiger partial charge in [-0.2, -0.15) is 0 Å². The maximum Gasteiger partial charge on any atom is 0.251 e. The summed E-state index contributed by atoms with van der Waals surface area (Å²) >= 11 is 0. The molecule has 2 aromatic carbocycles. The number of hydrogen-bond donors (Lipinski definition) is 2. The minimum Gasteiger partial charge on any atom is -0.348 e. The molecule has 0 fully saturated rings. The monoisotopic (exact) mass is 384 g/mol. The van der Waals surface area contributed by atoms with E-state index in [4.69, 9.17) is 0 Å². The second-order valence-corrected chi connectivity index (χ2v) is 7.91. The lowest BCUT2D eigenvalue weighted by Crippen LogP contribution is -2.23. The van der Waals surface area contributed by atoms with Crippen molar-refractivity contribution in [1.29, 1.82) is 0 Å². The summed E-state index contributed by atoms with van der Waals surface area (Å²) in [7, 11) is -1.90. The largest absolute Gasteiger partial charge is 0.348 e. The summed E-state index contributed by atoms with van der Waals surface area (Å²) in [5, 5.41) is 2.86. The lowest BCUT2D eigenvalue weighted by molar-refractivity contribution is 0.0951. The molecule has 140 valence electrons. The van der Waals surface area contributed by atoms with E-state index in [1.807, 2.05) is 35.0 Å². The van der Waals surface area contributed by atoms with Crippen LogP contribution in [-0.4, -0.2) is 30.9 Å². The van der Waals surface area contributed by atoms with Crippen LogP contribution in [0.3, 0.4) is 0 Å². The van der Waals surface area contributed by atoms with Crippen LogP contribution in [0.25, 0.3) is 5.69 Å². The summed E-state index contributed by atoms with van der Waals surface area (Å²) in [6.07, 6.45) is 5.22. The van der Waals surface area contributed by atoms with Crippen molar-refractivity contribution in [1.82, 2.24) is 19.6 Å². The molecule has 3 aromatic rings. The standard InChI is InChI=1S/C19H20N4O3S/c1-20-27(25,26)13-16-4-2-15(3-5-16)12-22-19(24)17-6-8-18(9-7-17)23-11-10-21-14-23/h2-11,14,20H,12-13H2,1H3,(H,22,24). The first-order valence-electron chi connectivity index (χ1n) is 8.32. The molecule has 7 nitrogen and oxygen atoms in total. The van der Waals surface area contributed by atoms with Gasteiger partial charge in [0.1, 0.15) is 0 Å². The van der Waals surface area contributed by atoms with Crippen molar-refractivity contribution in [2.75, 3.05) is 7.05 Å². The fourth-order valence-electron chi connectivity index (χ4n) is 2.53. The summed E-state index contributed by atoms with van der Waals surface area (Å²) in [5.41, 5.74) is 3.07. The van der Waals surface area contributed by atoms with Gasteiger partial charge in [-0.05, 0) is 42.4 Å². The lowest BCUT2D eigenvalue weighted by Gasteiger charge is -2.08. The number of aromatic nitrogens is 2. The Kier molecular flexibility index (Phi) is 5.68. The minimum atomic E-state index is -3.29. The van der Waals surface area contributed by atoms with Gasteiger partial charge in [-0.25, -0.2) is 18.1 Å². The number of carbonyl (C=O) groups excluding carboxylic acids is 1. The van der Waals surface area contributed by atoms with Crippen LogP contribution in [0.5, 0.6) is 0 Å². The summed E-state index contributed by atoms with van der Waals surface area (Å²) in [6.45, 7) is 0.362. The SMILES string of the molecule is CNS(=O)(=O)Cc1ccc(CNC(=O)c2ccc(-n3ccnc3)cc2)cc1. The number of sulfonamides is 1. The predicted molar refractivity (Wildman–Crippen MR) is 103 cm³/mol. The molecule has 0 atom stereocenters. The van der Waals surface area contributed by atoms with Crippen molar-refractivity contribution < 1.29 is 13.2 Å². The highest BCUT2D eigenvalue weighted by Crippen LogP contribution is 2.11. The number of nitrogens with zero attached hydrogens (tertiary/aromatic N) is 2. The molecule has 0 aliphatic heterocycles. The van der Waals surface area contributed by atoms with Crippen molar-refractivity contribution in [3.05, 3.63) is 83.9 Å². The van der Waals surface area contributed by atoms with E-state index in [0.29, 0.717) is 17.7 Å². The van der Waals surface area contributed by atoms with Gasteiger partial charge in [0.05, 0.1) is 12.1 Å². The van der Waals surface area contributed by atoms with Crippen molar-refractivity contribution in [2.45, 2.75) is 12.3 Å². The molecule has 0 aliphatic carbocycles. The Balaban J connectivity index is 1.57. The zero-order valence-electron chi connectivity index (χ0n) is 14.8. The summed E-state index contributed by atoms with van der Waals surface area (Å²) in [6, 6.07) is 14.3. The fraction of sp³-hybridized carbons (Fsp3) is 0.158. The molecule has 2 N–H and O–H groups in total. The zero-order chi connectivity index (χ0) is 19.3. The minimum absolute atomic E-state index is 0.0700. The van der Waals surface area contributed by atoms with Crippen LogP contribution in [0, 0.1) is 0 Å². The van der Waals surface area contributed by atoms with Crippen LogP contribution >= 0.6 is 0 Å². The summed E-state index contributed by atoms with van der Waals surface area (Å²) in [4.78, 5) is 16.3. The Hall–Kier alpha value is -2.97. The van der Waals surface area contributed by atoms with Crippen molar-refractivity contribution in [3.63, 3.8) is 0 Å². The maximum atomic E-state index is 12.3. The molecular weight excluding hydrogens is 364 g/mol. The molecule has 0 bridgehead atoms. The van der Waals surface area contributed by atoms with E-state index >= 15 is 0 Å². The zero-order valence-corrected chi connectivity index (χ0v) is 15.6. The van der Waals surface area contributed by atoms with E-state index in [1.165, 1.54) is 7.05 Å². The van der Waals surface area contributed by atoms with Crippen LogP contribution in [0.15, 0.2) is 67.3 Å². The van der Waals surface area contributed by atoms with Gasteiger partial charge in [0.25, 0.3) is 5.91 Å². The third-order valence-corrected chi connectivity index (χ3v) is 5.41. The van der Waals surface area contributed by atoms with Gasteiger partial charge in [-0.1, -0.05) is 24.3 Å². The number of amides is 1. The highest BCUT2D eigenvalue weighted by atomic mass is 32.2. The average Bonchev–Trinajstić information content (AvgIpc) is 3.22. The van der Waals surface area contributed by atoms with Crippen LogP contribution < -0.4 is 10.0 Å². The molecule has 3 rings (SSSR count). The first-order chi connectivity index (χ1) is 13.0. The molecule has 8 heteroatoms. The molecule has 0 radical (unpaired) electrons. The summed E-state index contributed by atoms with van der Waals surface area (Å²) in [5.74, 6) is -0.242. The highest BCUT2D eigenvalue weighted by Gasteiger charge is 2.09. The number of imidazole rings is 1. The Morgan fingerprint density at radius 1 is 1.04 bits per heavy atom. The van der Waals surface area contributed by atoms with Crippen LogP contribution in [0.1, 0.15) is 21.5 Å². The number of hydrogen-bond acceptors (Lipinski definition) is 4. The van der Waals surface area contributed by atoms with Gasteiger partial charge in [0.2, 0.25) is 10.0 Å². The molecule has 0 unspecified atom stereocenters. The quantitative estimate of drug-likeness (QED) is 0.650. The van der Waals surface area contributed by atoms with Crippen molar-refractivity contribution in [3.8, 4) is 5.69 Å². The van der Waals surface area contributed by atoms with Crippen molar-refractivity contribution in [2.24, 2.45) is 0 Å². The van der Waals surface area contributed by atoms with Crippen LogP contribution in [-0.2, 0) is 22.3 Å². The molecule has 0 spiro atoms. The Morgan fingerprint density at radius 3 is 2.30 bits per heavy atom. The Bertz CT molecular complexity index is 996. The van der Waals surface area contributed by atoms with Gasteiger partial charge in [-0.15, -0.1) is 0 Å². The van der Waals surface area contributed by atoms with Gasteiger partial charge >= 0.3 is 0 Å². The number of benzene rings is 2. The summed E-state index contributed by atoms with van der Waals surface area (Å²) < 4.78 is 27.2. The van der Waals surface area contributed by atoms with Gasteiger partial charge in [0, 0.05) is 30.2 Å². The van der Waals surface area contributed by atoms with Crippen LogP contribution in [0.2, 0.25) is 0 Å². The lowest BCUT2D eigenvalue weighted by atomic mass is 10.1. The first kappa shape index (κ1) is 18.8. The number of nitrogens with one attached hydrogen (secondary N) is 2. The number of rotatable bonds is 7. The Labute approximate surface area is 158 Å². The van der Waals surface area contributed by atoms with Crippen LogP contribution in [0.4, 0.5) is 0 Å². The van der Waals surface area contributed by atoms with E-state index in [1.54, 1.807) is 36.8 Å². The fourth-order valence-corrected chi connectivity index (χ4v) is 3.30. The average molecular weight is 384 g/mol. The topological polar surface area (TPSA) is 93.1 Å². The molecule has 1 heterocycles. The second-order valence-electron chi connectivity index (χ2n) is 5.98. The van der Waals surface area contributed by atoms with E-state index in [9.17, 15) is 13.2 Å². The molecule has 0 aliphatic rings. The van der Waals surface area contributed by atoms with Gasteiger partial charge in [-0.3, -0.25) is 4.79 Å². The third-order valence-electron chi connectivity index (χ3n) is 4.08. The van der Waals surface area contributed by atoms with E-state index < -0.39 is 10.0 Å².